The van der Waals surface area contributed by atoms with Crippen LogP contribution >= 0.6 is 0 Å². The molecule has 0 aliphatic carbocycles. The zero-order valence-corrected chi connectivity index (χ0v) is 19.1. The number of ketones is 2. The Labute approximate surface area is 193 Å². The third kappa shape index (κ3) is 4.89. The van der Waals surface area contributed by atoms with Gasteiger partial charge in [0.1, 0.15) is 24.8 Å². The predicted molar refractivity (Wildman–Crippen MR) is 121 cm³/mol. The van der Waals surface area contributed by atoms with Crippen molar-refractivity contribution in [3.05, 3.63) is 70.5 Å². The van der Waals surface area contributed by atoms with Gasteiger partial charge in [-0.25, -0.2) is 4.39 Å². The van der Waals surface area contributed by atoms with Crippen LogP contribution < -0.4 is 4.90 Å². The summed E-state index contributed by atoms with van der Waals surface area (Å²) >= 11 is 0. The van der Waals surface area contributed by atoms with E-state index >= 15 is 0 Å². The van der Waals surface area contributed by atoms with Gasteiger partial charge in [-0.2, -0.15) is 0 Å². The second-order valence-electron chi connectivity index (χ2n) is 8.99. The highest BCUT2D eigenvalue weighted by atomic mass is 19.1. The Hall–Kier alpha value is -2.90. The van der Waals surface area contributed by atoms with E-state index in [-0.39, 0.29) is 5.78 Å². The van der Waals surface area contributed by atoms with Gasteiger partial charge in [-0.05, 0) is 43.2 Å². The number of likely N-dealkylation sites (tertiary alicyclic amines) is 1. The SMILES string of the molecule is Cc1ccc(C)c(C(=O)C2C(=O)C(=O)N(CCC[NH+]3CCOCC3)C2c2ccc(F)cc2)c1. The fourth-order valence-electron chi connectivity index (χ4n) is 4.84. The number of amides is 1. The number of morpholine rings is 1. The van der Waals surface area contributed by atoms with Crippen molar-refractivity contribution in [2.24, 2.45) is 5.92 Å². The molecule has 0 radical (unpaired) electrons. The minimum atomic E-state index is -1.14. The molecule has 0 aromatic heterocycles. The molecule has 2 fully saturated rings. The number of benzene rings is 2. The first-order valence-electron chi connectivity index (χ1n) is 11.5. The van der Waals surface area contributed by atoms with Crippen molar-refractivity contribution in [2.75, 3.05) is 39.4 Å². The molecule has 7 heteroatoms. The van der Waals surface area contributed by atoms with Crippen LogP contribution in [-0.4, -0.2) is 61.8 Å². The highest BCUT2D eigenvalue weighted by Crippen LogP contribution is 2.38. The van der Waals surface area contributed by atoms with Crippen molar-refractivity contribution < 1.29 is 28.4 Å². The normalized spacial score (nSPS) is 21.6. The van der Waals surface area contributed by atoms with Crippen LogP contribution in [0.4, 0.5) is 4.39 Å². The van der Waals surface area contributed by atoms with Crippen LogP contribution in [0, 0.1) is 25.6 Å². The number of carbonyl (C=O) groups is 3. The van der Waals surface area contributed by atoms with E-state index in [1.54, 1.807) is 18.2 Å². The van der Waals surface area contributed by atoms with Crippen LogP contribution in [0.5, 0.6) is 0 Å². The molecule has 1 amide bonds. The van der Waals surface area contributed by atoms with E-state index in [4.69, 9.17) is 4.74 Å². The molecule has 2 aromatic carbocycles. The van der Waals surface area contributed by atoms with E-state index in [0.717, 1.165) is 44.0 Å². The smallest absolute Gasteiger partial charge is 0.291 e. The van der Waals surface area contributed by atoms with Gasteiger partial charge >= 0.3 is 0 Å². The number of ether oxygens (including phenoxy) is 1. The van der Waals surface area contributed by atoms with Gasteiger partial charge in [-0.15, -0.1) is 0 Å². The quantitative estimate of drug-likeness (QED) is 0.394. The third-order valence-electron chi connectivity index (χ3n) is 6.69. The highest BCUT2D eigenvalue weighted by Gasteiger charge is 2.51. The van der Waals surface area contributed by atoms with Gasteiger partial charge in [0, 0.05) is 18.5 Å². The maximum absolute atomic E-state index is 13.6. The molecule has 1 N–H and O–H groups in total. The maximum Gasteiger partial charge on any atom is 0.291 e. The second-order valence-corrected chi connectivity index (χ2v) is 8.99. The van der Waals surface area contributed by atoms with Crippen LogP contribution in [0.15, 0.2) is 42.5 Å². The molecule has 2 unspecified atom stereocenters. The summed E-state index contributed by atoms with van der Waals surface area (Å²) in [6.07, 6.45) is 0.705. The molecule has 0 saturated carbocycles. The largest absolute Gasteiger partial charge is 0.370 e. The van der Waals surface area contributed by atoms with Gasteiger partial charge < -0.3 is 14.5 Å². The number of nitrogens with zero attached hydrogens (tertiary/aromatic N) is 1. The Morgan fingerprint density at radius 2 is 1.79 bits per heavy atom. The maximum atomic E-state index is 13.6. The van der Waals surface area contributed by atoms with Gasteiger partial charge in [0.05, 0.1) is 25.8 Å². The number of nitrogens with one attached hydrogen (secondary N) is 1. The number of rotatable bonds is 7. The number of halogens is 1. The zero-order valence-electron chi connectivity index (χ0n) is 19.1. The molecule has 174 valence electrons. The Morgan fingerprint density at radius 3 is 2.48 bits per heavy atom. The minimum absolute atomic E-state index is 0.356. The van der Waals surface area contributed by atoms with Crippen LogP contribution in [0.3, 0.4) is 0 Å². The summed E-state index contributed by atoms with van der Waals surface area (Å²) in [7, 11) is 0. The Bertz CT molecular complexity index is 1050. The standard InChI is InChI=1S/C26H29FN2O4/c1-17-4-5-18(2)21(16-17)24(30)22-23(19-6-8-20(27)9-7-19)29(26(32)25(22)31)11-3-10-28-12-14-33-15-13-28/h4-9,16,22-23H,3,10-15H2,1-2H3/p+1. The lowest BCUT2D eigenvalue weighted by atomic mass is 9.84. The Morgan fingerprint density at radius 1 is 1.09 bits per heavy atom. The van der Waals surface area contributed by atoms with E-state index in [9.17, 15) is 18.8 Å². The number of aryl methyl sites for hydroxylation is 2. The first kappa shape index (κ1) is 23.3. The number of Topliss-reactive ketones (excluding diaryl/α,β-unsaturated/α-hetero) is 2. The van der Waals surface area contributed by atoms with Crippen LogP contribution in [0.25, 0.3) is 0 Å². The van der Waals surface area contributed by atoms with Gasteiger partial charge in [0.25, 0.3) is 5.91 Å². The molecule has 0 spiro atoms. The summed E-state index contributed by atoms with van der Waals surface area (Å²) in [5.74, 6) is -3.22. The second kappa shape index (κ2) is 9.93. The first-order valence-corrected chi connectivity index (χ1v) is 11.5. The summed E-state index contributed by atoms with van der Waals surface area (Å²) in [4.78, 5) is 42.7. The predicted octanol–water partition coefficient (Wildman–Crippen LogP) is 1.70. The van der Waals surface area contributed by atoms with Gasteiger partial charge in [-0.3, -0.25) is 14.4 Å². The summed E-state index contributed by atoms with van der Waals surface area (Å²) in [6.45, 7) is 8.21. The Kier molecular flexibility index (Phi) is 7.00. The molecule has 0 bridgehead atoms. The molecule has 33 heavy (non-hydrogen) atoms. The van der Waals surface area contributed by atoms with Crippen molar-refractivity contribution in [3.8, 4) is 0 Å². The minimum Gasteiger partial charge on any atom is -0.370 e. The van der Waals surface area contributed by atoms with Gasteiger partial charge in [0.2, 0.25) is 5.78 Å². The number of hydrogen-bond acceptors (Lipinski definition) is 4. The molecule has 2 aliphatic rings. The average molecular weight is 454 g/mol. The molecule has 2 aromatic rings. The molecule has 6 nitrogen and oxygen atoms in total. The fraction of sp³-hybridized carbons (Fsp3) is 0.423. The molecule has 2 heterocycles. The first-order chi connectivity index (χ1) is 15.9. The average Bonchev–Trinajstić information content (AvgIpc) is 3.06. The zero-order chi connectivity index (χ0) is 23.5. The monoisotopic (exact) mass is 453 g/mol. The number of carbonyl (C=O) groups excluding carboxylic acids is 3. The summed E-state index contributed by atoms with van der Waals surface area (Å²) in [5.41, 5.74) is 2.72. The van der Waals surface area contributed by atoms with Crippen molar-refractivity contribution >= 4 is 17.5 Å². The lowest BCUT2D eigenvalue weighted by molar-refractivity contribution is -0.908. The molecule has 2 atom stereocenters. The summed E-state index contributed by atoms with van der Waals surface area (Å²) in [6, 6.07) is 10.5. The molecule has 2 aliphatic heterocycles. The van der Waals surface area contributed by atoms with Crippen molar-refractivity contribution in [3.63, 3.8) is 0 Å². The van der Waals surface area contributed by atoms with Crippen molar-refractivity contribution in [1.29, 1.82) is 0 Å². The van der Waals surface area contributed by atoms with Gasteiger partial charge in [0.15, 0.2) is 5.78 Å². The van der Waals surface area contributed by atoms with E-state index in [1.807, 2.05) is 26.0 Å². The number of quaternary nitrogens is 1. The van der Waals surface area contributed by atoms with E-state index < -0.39 is 29.5 Å². The third-order valence-corrected chi connectivity index (χ3v) is 6.69. The van der Waals surface area contributed by atoms with Crippen molar-refractivity contribution in [1.82, 2.24) is 4.90 Å². The number of hydrogen-bond donors (Lipinski definition) is 1. The summed E-state index contributed by atoms with van der Waals surface area (Å²) < 4.78 is 19.0. The van der Waals surface area contributed by atoms with Crippen molar-refractivity contribution in [2.45, 2.75) is 26.3 Å². The lowest BCUT2D eigenvalue weighted by Gasteiger charge is -2.29. The van der Waals surface area contributed by atoms with E-state index in [1.165, 1.54) is 21.9 Å². The lowest BCUT2D eigenvalue weighted by Crippen LogP contribution is -3.14. The summed E-state index contributed by atoms with van der Waals surface area (Å²) in [5, 5.41) is 0. The highest BCUT2D eigenvalue weighted by molar-refractivity contribution is 6.44. The molecular formula is C26H30FN2O4+. The van der Waals surface area contributed by atoms with Crippen LogP contribution in [-0.2, 0) is 14.3 Å². The van der Waals surface area contributed by atoms with Crippen LogP contribution in [0.1, 0.15) is 39.5 Å². The van der Waals surface area contributed by atoms with Crippen LogP contribution in [0.2, 0.25) is 0 Å². The van der Waals surface area contributed by atoms with E-state index in [0.29, 0.717) is 24.1 Å². The topological polar surface area (TPSA) is 68.1 Å². The van der Waals surface area contributed by atoms with Gasteiger partial charge in [-0.1, -0.05) is 29.8 Å². The Balaban J connectivity index is 1.63. The molecule has 4 rings (SSSR count). The molecular weight excluding hydrogens is 423 g/mol. The molecule has 2 saturated heterocycles. The van der Waals surface area contributed by atoms with E-state index in [2.05, 4.69) is 0 Å². The fourth-order valence-corrected chi connectivity index (χ4v) is 4.84.